The molecule has 0 heterocycles. The Labute approximate surface area is 101 Å². The maximum absolute atomic E-state index is 10.9. The highest BCUT2D eigenvalue weighted by atomic mass is 35.5. The number of thioether (sulfide) groups is 1. The molecular weight excluding hydrogens is 252 g/mol. The first-order valence-corrected chi connectivity index (χ1v) is 5.56. The van der Waals surface area contributed by atoms with E-state index in [2.05, 4.69) is 0 Å². The van der Waals surface area contributed by atoms with Crippen molar-refractivity contribution in [2.45, 2.75) is 4.90 Å². The monoisotopic (exact) mass is 260 g/mol. The molecule has 1 rings (SSSR count). The van der Waals surface area contributed by atoms with Crippen molar-refractivity contribution in [3.8, 4) is 0 Å². The Morgan fingerprint density at radius 1 is 1.50 bits per heavy atom. The van der Waals surface area contributed by atoms with E-state index in [1.54, 1.807) is 6.07 Å². The van der Waals surface area contributed by atoms with Gasteiger partial charge in [-0.1, -0.05) is 11.6 Å². The van der Waals surface area contributed by atoms with Gasteiger partial charge in [-0.3, -0.25) is 10.2 Å². The van der Waals surface area contributed by atoms with Gasteiger partial charge in [-0.05, 0) is 18.2 Å². The molecule has 0 saturated heterocycles. The highest BCUT2D eigenvalue weighted by molar-refractivity contribution is 8.00. The Morgan fingerprint density at radius 3 is 2.75 bits per heavy atom. The molecule has 0 spiro atoms. The van der Waals surface area contributed by atoms with Crippen LogP contribution in [0.1, 0.15) is 10.4 Å². The minimum atomic E-state index is -1.10. The van der Waals surface area contributed by atoms with E-state index in [0.717, 1.165) is 0 Å². The molecule has 86 valence electrons. The fourth-order valence-corrected chi connectivity index (χ4v) is 1.89. The fraction of sp³-hybridized carbons (Fsp3) is 0.111. The Morgan fingerprint density at radius 2 is 2.19 bits per heavy atom. The number of aromatic carboxylic acids is 1. The van der Waals surface area contributed by atoms with Crippen molar-refractivity contribution < 1.29 is 14.7 Å². The molecular formula is C9H9ClN2O3S. The average Bonchev–Trinajstić information content (AvgIpc) is 2.27. The SMILES string of the molecule is NNC(=O)CSc1ccc(Cl)c(C(=O)O)c1. The fourth-order valence-electron chi connectivity index (χ4n) is 0.949. The van der Waals surface area contributed by atoms with Gasteiger partial charge >= 0.3 is 5.97 Å². The van der Waals surface area contributed by atoms with E-state index in [4.69, 9.17) is 22.6 Å². The molecule has 5 nitrogen and oxygen atoms in total. The second kappa shape index (κ2) is 5.74. The molecule has 0 bridgehead atoms. The van der Waals surface area contributed by atoms with Crippen molar-refractivity contribution in [1.29, 1.82) is 0 Å². The minimum Gasteiger partial charge on any atom is -0.478 e. The third-order valence-electron chi connectivity index (χ3n) is 1.70. The summed E-state index contributed by atoms with van der Waals surface area (Å²) in [5.74, 6) is 3.60. The summed E-state index contributed by atoms with van der Waals surface area (Å²) < 4.78 is 0. The van der Waals surface area contributed by atoms with Crippen molar-refractivity contribution in [2.24, 2.45) is 5.84 Å². The van der Waals surface area contributed by atoms with Gasteiger partial charge in [-0.15, -0.1) is 11.8 Å². The molecule has 0 saturated carbocycles. The Hall–Kier alpha value is -1.24. The molecule has 4 N–H and O–H groups in total. The summed E-state index contributed by atoms with van der Waals surface area (Å²) in [6.45, 7) is 0. The number of carboxylic acids is 1. The summed E-state index contributed by atoms with van der Waals surface area (Å²) in [6, 6.07) is 4.54. The summed E-state index contributed by atoms with van der Waals surface area (Å²) in [7, 11) is 0. The number of amides is 1. The average molecular weight is 261 g/mol. The van der Waals surface area contributed by atoms with E-state index in [1.165, 1.54) is 23.9 Å². The van der Waals surface area contributed by atoms with Crippen LogP contribution in [0.25, 0.3) is 0 Å². The van der Waals surface area contributed by atoms with Crippen LogP contribution in [-0.2, 0) is 4.79 Å². The number of hydrazine groups is 1. The maximum atomic E-state index is 10.9. The first-order valence-electron chi connectivity index (χ1n) is 4.19. The van der Waals surface area contributed by atoms with Gasteiger partial charge in [0.15, 0.2) is 0 Å². The lowest BCUT2D eigenvalue weighted by atomic mass is 10.2. The van der Waals surface area contributed by atoms with Gasteiger partial charge in [0.2, 0.25) is 5.91 Å². The van der Waals surface area contributed by atoms with Crippen LogP contribution in [0.15, 0.2) is 23.1 Å². The third kappa shape index (κ3) is 3.41. The van der Waals surface area contributed by atoms with Crippen molar-refractivity contribution >= 4 is 35.2 Å². The molecule has 16 heavy (non-hydrogen) atoms. The number of rotatable bonds is 4. The number of benzene rings is 1. The van der Waals surface area contributed by atoms with Gasteiger partial charge < -0.3 is 5.11 Å². The van der Waals surface area contributed by atoms with Gasteiger partial charge in [0, 0.05) is 4.90 Å². The second-order valence-corrected chi connectivity index (χ2v) is 4.26. The number of nitrogens with one attached hydrogen (secondary N) is 1. The standard InChI is InChI=1S/C9H9ClN2O3S/c10-7-2-1-5(3-6(7)9(14)15)16-4-8(13)12-11/h1-3H,4,11H2,(H,12,13)(H,14,15). The van der Waals surface area contributed by atoms with Gasteiger partial charge in [0.05, 0.1) is 16.3 Å². The predicted octanol–water partition coefficient (Wildman–Crippen LogP) is 1.12. The first kappa shape index (κ1) is 12.8. The summed E-state index contributed by atoms with van der Waals surface area (Å²) in [5, 5.41) is 8.99. The molecule has 0 unspecified atom stereocenters. The molecule has 0 fully saturated rings. The zero-order chi connectivity index (χ0) is 12.1. The zero-order valence-corrected chi connectivity index (χ0v) is 9.64. The highest BCUT2D eigenvalue weighted by Gasteiger charge is 2.10. The van der Waals surface area contributed by atoms with E-state index < -0.39 is 5.97 Å². The second-order valence-electron chi connectivity index (χ2n) is 2.80. The van der Waals surface area contributed by atoms with E-state index in [0.29, 0.717) is 4.90 Å². The number of hydrogen-bond acceptors (Lipinski definition) is 4. The number of halogens is 1. The molecule has 0 atom stereocenters. The quantitative estimate of drug-likeness (QED) is 0.327. The molecule has 1 aromatic carbocycles. The van der Waals surface area contributed by atoms with Crippen molar-refractivity contribution in [1.82, 2.24) is 5.43 Å². The molecule has 0 aliphatic rings. The number of carboxylic acid groups (broad SMARTS) is 1. The van der Waals surface area contributed by atoms with Crippen LogP contribution in [0.2, 0.25) is 5.02 Å². The summed E-state index contributed by atoms with van der Waals surface area (Å²) in [6.07, 6.45) is 0. The topological polar surface area (TPSA) is 92.4 Å². The largest absolute Gasteiger partial charge is 0.478 e. The lowest BCUT2D eigenvalue weighted by molar-refractivity contribution is -0.118. The van der Waals surface area contributed by atoms with Crippen LogP contribution in [0.3, 0.4) is 0 Å². The number of carbonyl (C=O) groups is 2. The lowest BCUT2D eigenvalue weighted by Gasteiger charge is -2.03. The molecule has 1 amide bonds. The molecule has 0 aliphatic carbocycles. The van der Waals surface area contributed by atoms with Crippen molar-refractivity contribution in [3.05, 3.63) is 28.8 Å². The van der Waals surface area contributed by atoms with Crippen LogP contribution in [-0.4, -0.2) is 22.7 Å². The van der Waals surface area contributed by atoms with Crippen LogP contribution in [0, 0.1) is 0 Å². The van der Waals surface area contributed by atoms with Crippen LogP contribution < -0.4 is 11.3 Å². The third-order valence-corrected chi connectivity index (χ3v) is 3.02. The smallest absolute Gasteiger partial charge is 0.337 e. The first-order chi connectivity index (χ1) is 7.54. The lowest BCUT2D eigenvalue weighted by Crippen LogP contribution is -2.31. The molecule has 7 heteroatoms. The van der Waals surface area contributed by atoms with Gasteiger partial charge in [0.25, 0.3) is 0 Å². The summed E-state index contributed by atoms with van der Waals surface area (Å²) >= 11 is 6.87. The van der Waals surface area contributed by atoms with Crippen LogP contribution >= 0.6 is 23.4 Å². The van der Waals surface area contributed by atoms with Gasteiger partial charge in [-0.2, -0.15) is 0 Å². The van der Waals surface area contributed by atoms with Crippen LogP contribution in [0.5, 0.6) is 0 Å². The van der Waals surface area contributed by atoms with E-state index in [-0.39, 0.29) is 22.2 Å². The van der Waals surface area contributed by atoms with Gasteiger partial charge in [-0.25, -0.2) is 10.6 Å². The van der Waals surface area contributed by atoms with E-state index >= 15 is 0 Å². The molecule has 0 aliphatic heterocycles. The van der Waals surface area contributed by atoms with E-state index in [9.17, 15) is 9.59 Å². The maximum Gasteiger partial charge on any atom is 0.337 e. The zero-order valence-electron chi connectivity index (χ0n) is 8.07. The number of nitrogens with two attached hydrogens (primary N) is 1. The van der Waals surface area contributed by atoms with Crippen LogP contribution in [0.4, 0.5) is 0 Å². The molecule has 0 radical (unpaired) electrons. The Bertz CT molecular complexity index is 425. The molecule has 1 aromatic rings. The summed E-state index contributed by atoms with van der Waals surface area (Å²) in [5.41, 5.74) is 2.00. The summed E-state index contributed by atoms with van der Waals surface area (Å²) in [4.78, 5) is 22.3. The van der Waals surface area contributed by atoms with Crippen molar-refractivity contribution in [3.63, 3.8) is 0 Å². The Kier molecular flexibility index (Phi) is 4.60. The van der Waals surface area contributed by atoms with Crippen molar-refractivity contribution in [2.75, 3.05) is 5.75 Å². The number of hydrogen-bond donors (Lipinski definition) is 3. The normalized spacial score (nSPS) is 9.88. The predicted molar refractivity (Wildman–Crippen MR) is 61.5 cm³/mol. The van der Waals surface area contributed by atoms with E-state index in [1.807, 2.05) is 5.43 Å². The Balaban J connectivity index is 2.79. The van der Waals surface area contributed by atoms with Gasteiger partial charge in [0.1, 0.15) is 0 Å². The minimum absolute atomic E-state index is 0.0137. The molecule has 0 aromatic heterocycles. The number of carbonyl (C=O) groups excluding carboxylic acids is 1. The highest BCUT2D eigenvalue weighted by Crippen LogP contribution is 2.24.